The zero-order chi connectivity index (χ0) is 18.1. The number of ether oxygens (including phenoxy) is 1. The van der Waals surface area contributed by atoms with Crippen molar-refractivity contribution in [1.82, 2.24) is 14.9 Å². The highest BCUT2D eigenvalue weighted by Crippen LogP contribution is 2.27. The SMILES string of the molecule is O=C(Cn1cnc2ccc(F)cc2c1=O)NCC1Cc2ccccc2O1. The molecule has 4 rings (SSSR count). The smallest absolute Gasteiger partial charge is 0.261 e. The van der Waals surface area contributed by atoms with Crippen LogP contribution in [0, 0.1) is 5.82 Å². The number of benzene rings is 2. The van der Waals surface area contributed by atoms with E-state index in [-0.39, 0.29) is 23.9 Å². The average molecular weight is 353 g/mol. The number of halogens is 1. The van der Waals surface area contributed by atoms with Crippen LogP contribution in [-0.2, 0) is 17.8 Å². The summed E-state index contributed by atoms with van der Waals surface area (Å²) in [6.07, 6.45) is 1.90. The number of fused-ring (bicyclic) bond motifs is 2. The number of carbonyl (C=O) groups is 1. The molecule has 1 aliphatic heterocycles. The van der Waals surface area contributed by atoms with Crippen LogP contribution in [0.3, 0.4) is 0 Å². The van der Waals surface area contributed by atoms with Gasteiger partial charge in [-0.2, -0.15) is 0 Å². The van der Waals surface area contributed by atoms with E-state index in [1.807, 2.05) is 24.3 Å². The third-order valence-corrected chi connectivity index (χ3v) is 4.34. The predicted molar refractivity (Wildman–Crippen MR) is 93.5 cm³/mol. The highest BCUT2D eigenvalue weighted by atomic mass is 19.1. The maximum absolute atomic E-state index is 13.3. The molecule has 6 nitrogen and oxygen atoms in total. The quantitative estimate of drug-likeness (QED) is 0.774. The van der Waals surface area contributed by atoms with E-state index < -0.39 is 11.4 Å². The first kappa shape index (κ1) is 16.3. The molecule has 1 N–H and O–H groups in total. The normalized spacial score (nSPS) is 15.5. The van der Waals surface area contributed by atoms with Crippen molar-refractivity contribution in [3.63, 3.8) is 0 Å². The van der Waals surface area contributed by atoms with Gasteiger partial charge in [-0.3, -0.25) is 14.2 Å². The van der Waals surface area contributed by atoms with Gasteiger partial charge >= 0.3 is 0 Å². The molecule has 3 aromatic rings. The summed E-state index contributed by atoms with van der Waals surface area (Å²) >= 11 is 0. The van der Waals surface area contributed by atoms with E-state index in [0.717, 1.165) is 23.8 Å². The van der Waals surface area contributed by atoms with Crippen LogP contribution in [0.4, 0.5) is 4.39 Å². The number of hydrogen-bond acceptors (Lipinski definition) is 4. The van der Waals surface area contributed by atoms with E-state index in [1.54, 1.807) is 0 Å². The van der Waals surface area contributed by atoms with Crippen molar-refractivity contribution in [2.45, 2.75) is 19.1 Å². The number of carbonyl (C=O) groups excluding carboxylic acids is 1. The molecule has 0 saturated heterocycles. The van der Waals surface area contributed by atoms with E-state index in [4.69, 9.17) is 4.74 Å². The molecule has 1 aromatic heterocycles. The minimum absolute atomic E-state index is 0.128. The average Bonchev–Trinajstić information content (AvgIpc) is 3.06. The standard InChI is InChI=1S/C19H16FN3O3/c20-13-5-6-16-15(8-13)19(25)23(11-22-16)10-18(24)21-9-14-7-12-3-1-2-4-17(12)26-14/h1-6,8,11,14H,7,9-10H2,(H,21,24). The molecule has 1 unspecified atom stereocenters. The number of nitrogens with one attached hydrogen (secondary N) is 1. The Hall–Kier alpha value is -3.22. The Labute approximate surface area is 148 Å². The van der Waals surface area contributed by atoms with Crippen LogP contribution in [0.25, 0.3) is 10.9 Å². The zero-order valence-electron chi connectivity index (χ0n) is 13.8. The fourth-order valence-electron chi connectivity index (χ4n) is 3.05. The molecule has 1 amide bonds. The summed E-state index contributed by atoms with van der Waals surface area (Å²) in [5.74, 6) is -0.00974. The Balaban J connectivity index is 1.40. The van der Waals surface area contributed by atoms with Gasteiger partial charge in [0.2, 0.25) is 5.91 Å². The third-order valence-electron chi connectivity index (χ3n) is 4.34. The molecule has 132 valence electrons. The molecule has 1 aliphatic rings. The predicted octanol–water partition coefficient (Wildman–Crippen LogP) is 1.66. The first-order valence-corrected chi connectivity index (χ1v) is 8.26. The fourth-order valence-corrected chi connectivity index (χ4v) is 3.05. The van der Waals surface area contributed by atoms with Gasteiger partial charge in [-0.15, -0.1) is 0 Å². The van der Waals surface area contributed by atoms with Crippen molar-refractivity contribution >= 4 is 16.8 Å². The minimum atomic E-state index is -0.517. The lowest BCUT2D eigenvalue weighted by molar-refractivity contribution is -0.122. The molecule has 26 heavy (non-hydrogen) atoms. The first-order valence-electron chi connectivity index (χ1n) is 8.26. The second-order valence-electron chi connectivity index (χ2n) is 6.19. The molecule has 1 atom stereocenters. The van der Waals surface area contributed by atoms with E-state index in [2.05, 4.69) is 10.3 Å². The Morgan fingerprint density at radius 3 is 3.00 bits per heavy atom. The molecule has 0 spiro atoms. The largest absolute Gasteiger partial charge is 0.488 e. The van der Waals surface area contributed by atoms with Crippen molar-refractivity contribution in [2.24, 2.45) is 0 Å². The molecular formula is C19H16FN3O3. The van der Waals surface area contributed by atoms with Crippen LogP contribution in [0.2, 0.25) is 0 Å². The number of amides is 1. The van der Waals surface area contributed by atoms with E-state index in [1.165, 1.54) is 23.0 Å². The number of rotatable bonds is 4. The van der Waals surface area contributed by atoms with Gasteiger partial charge in [-0.05, 0) is 29.8 Å². The van der Waals surface area contributed by atoms with Crippen molar-refractivity contribution in [2.75, 3.05) is 6.54 Å². The maximum atomic E-state index is 13.3. The highest BCUT2D eigenvalue weighted by molar-refractivity contribution is 5.79. The Morgan fingerprint density at radius 1 is 1.31 bits per heavy atom. The van der Waals surface area contributed by atoms with Crippen LogP contribution >= 0.6 is 0 Å². The van der Waals surface area contributed by atoms with Crippen LogP contribution in [-0.4, -0.2) is 28.1 Å². The van der Waals surface area contributed by atoms with Gasteiger partial charge in [0.15, 0.2) is 0 Å². The fraction of sp³-hybridized carbons (Fsp3) is 0.211. The second kappa shape index (κ2) is 6.59. The summed E-state index contributed by atoms with van der Waals surface area (Å²) in [5, 5.41) is 2.92. The summed E-state index contributed by atoms with van der Waals surface area (Å²) < 4.78 is 20.3. The molecule has 0 bridgehead atoms. The Kier molecular flexibility index (Phi) is 4.12. The first-order chi connectivity index (χ1) is 12.6. The van der Waals surface area contributed by atoms with E-state index in [0.29, 0.717) is 12.1 Å². The number of nitrogens with zero attached hydrogens (tertiary/aromatic N) is 2. The van der Waals surface area contributed by atoms with Crippen LogP contribution in [0.5, 0.6) is 5.75 Å². The minimum Gasteiger partial charge on any atom is -0.488 e. The number of para-hydroxylation sites is 1. The molecule has 2 aromatic carbocycles. The van der Waals surface area contributed by atoms with Crippen LogP contribution < -0.4 is 15.6 Å². The molecule has 0 radical (unpaired) electrons. The summed E-state index contributed by atoms with van der Waals surface area (Å²) in [6, 6.07) is 11.6. The van der Waals surface area contributed by atoms with Crippen molar-refractivity contribution in [3.05, 3.63) is 70.5 Å². The summed E-state index contributed by atoms with van der Waals surface area (Å²) in [7, 11) is 0. The van der Waals surface area contributed by atoms with Gasteiger partial charge in [-0.25, -0.2) is 9.37 Å². The van der Waals surface area contributed by atoms with Crippen molar-refractivity contribution < 1.29 is 13.9 Å². The Morgan fingerprint density at radius 2 is 2.15 bits per heavy atom. The Bertz CT molecular complexity index is 1020. The van der Waals surface area contributed by atoms with E-state index in [9.17, 15) is 14.0 Å². The molecular weight excluding hydrogens is 337 g/mol. The summed E-state index contributed by atoms with van der Waals surface area (Å²) in [4.78, 5) is 28.6. The monoisotopic (exact) mass is 353 g/mol. The van der Waals surface area contributed by atoms with Gasteiger partial charge in [0.05, 0.1) is 23.8 Å². The van der Waals surface area contributed by atoms with Crippen LogP contribution in [0.15, 0.2) is 53.6 Å². The molecule has 7 heteroatoms. The zero-order valence-corrected chi connectivity index (χ0v) is 13.8. The second-order valence-corrected chi connectivity index (χ2v) is 6.19. The maximum Gasteiger partial charge on any atom is 0.261 e. The van der Waals surface area contributed by atoms with Gasteiger partial charge in [0.25, 0.3) is 5.56 Å². The van der Waals surface area contributed by atoms with E-state index >= 15 is 0 Å². The number of hydrogen-bond donors (Lipinski definition) is 1. The number of aromatic nitrogens is 2. The summed E-state index contributed by atoms with van der Waals surface area (Å²) in [6.45, 7) is 0.163. The van der Waals surface area contributed by atoms with Gasteiger partial charge in [0.1, 0.15) is 24.2 Å². The van der Waals surface area contributed by atoms with Gasteiger partial charge in [-0.1, -0.05) is 18.2 Å². The van der Waals surface area contributed by atoms with Crippen molar-refractivity contribution in [1.29, 1.82) is 0 Å². The van der Waals surface area contributed by atoms with Gasteiger partial charge < -0.3 is 10.1 Å². The van der Waals surface area contributed by atoms with Gasteiger partial charge in [0, 0.05) is 6.42 Å². The molecule has 2 heterocycles. The molecule has 0 aliphatic carbocycles. The third kappa shape index (κ3) is 3.15. The topological polar surface area (TPSA) is 73.2 Å². The lowest BCUT2D eigenvalue weighted by atomic mass is 10.1. The van der Waals surface area contributed by atoms with Crippen molar-refractivity contribution in [3.8, 4) is 5.75 Å². The molecule has 0 fully saturated rings. The molecule has 0 saturated carbocycles. The lowest BCUT2D eigenvalue weighted by Crippen LogP contribution is -2.38. The lowest BCUT2D eigenvalue weighted by Gasteiger charge is -2.12. The van der Waals surface area contributed by atoms with Crippen LogP contribution in [0.1, 0.15) is 5.56 Å². The highest BCUT2D eigenvalue weighted by Gasteiger charge is 2.22. The summed E-state index contributed by atoms with van der Waals surface area (Å²) in [5.41, 5.74) is 1.06.